The van der Waals surface area contributed by atoms with E-state index in [-0.39, 0.29) is 6.10 Å². The molecule has 0 unspecified atom stereocenters. The Bertz CT molecular complexity index is 1300. The molecule has 168 valence electrons. The molecule has 4 aromatic rings. The summed E-state index contributed by atoms with van der Waals surface area (Å²) in [5.41, 5.74) is 4.56. The average molecular weight is 443 g/mol. The van der Waals surface area contributed by atoms with Crippen LogP contribution in [0.5, 0.6) is 5.88 Å². The van der Waals surface area contributed by atoms with Crippen molar-refractivity contribution in [2.24, 2.45) is 0 Å². The Morgan fingerprint density at radius 1 is 1.24 bits per heavy atom. The van der Waals surface area contributed by atoms with Crippen LogP contribution in [0.25, 0.3) is 16.9 Å². The Hall–Kier alpha value is -3.77. The van der Waals surface area contributed by atoms with Gasteiger partial charge in [0.15, 0.2) is 0 Å². The van der Waals surface area contributed by atoms with E-state index < -0.39 is 0 Å². The minimum atomic E-state index is -0.259. The molecule has 0 bridgehead atoms. The van der Waals surface area contributed by atoms with Gasteiger partial charge in [0, 0.05) is 17.8 Å². The molecule has 33 heavy (non-hydrogen) atoms. The average Bonchev–Trinajstić information content (AvgIpc) is 3.46. The van der Waals surface area contributed by atoms with E-state index in [2.05, 4.69) is 38.6 Å². The second-order valence-electron chi connectivity index (χ2n) is 8.25. The molecule has 1 aliphatic rings. The van der Waals surface area contributed by atoms with Gasteiger partial charge in [0.2, 0.25) is 5.88 Å². The molecular weight excluding hydrogens is 416 g/mol. The number of nitrogens with one attached hydrogen (secondary N) is 1. The maximum absolute atomic E-state index is 9.63. The quantitative estimate of drug-likeness (QED) is 0.486. The molecule has 1 N–H and O–H groups in total. The Balaban J connectivity index is 1.58. The highest BCUT2D eigenvalue weighted by molar-refractivity contribution is 5.68. The Kier molecular flexibility index (Phi) is 5.75. The molecule has 5 heterocycles. The van der Waals surface area contributed by atoms with Crippen molar-refractivity contribution >= 4 is 5.65 Å². The van der Waals surface area contributed by atoms with Crippen molar-refractivity contribution in [2.75, 3.05) is 13.1 Å². The molecule has 1 aliphatic heterocycles. The fourth-order valence-electron chi connectivity index (χ4n) is 4.45. The highest BCUT2D eigenvalue weighted by atomic mass is 16.5. The SMILES string of the molecule is CC[C@@H](Oc1cc(-c2nnn(C3CCNCC3)c2C)cc2ncc(C#N)n12)c1ccccn1. The normalized spacial score (nSPS) is 15.4. The van der Waals surface area contributed by atoms with E-state index in [0.29, 0.717) is 23.3 Å². The van der Waals surface area contributed by atoms with Gasteiger partial charge in [0.05, 0.1) is 23.6 Å². The van der Waals surface area contributed by atoms with Gasteiger partial charge in [-0.25, -0.2) is 9.67 Å². The van der Waals surface area contributed by atoms with Crippen LogP contribution in [0.1, 0.15) is 55.4 Å². The standard InChI is InChI=1S/C24H26N8O/c1-3-21(20-6-4-5-9-27-20)33-23-13-17(12-22-28-15-19(14-25)31(22)23)24-16(2)32(30-29-24)18-7-10-26-11-8-18/h4-6,9,12-13,15,18,21,26H,3,7-8,10-11H2,1-2H3/t21-/m1/s1. The molecule has 1 saturated heterocycles. The van der Waals surface area contributed by atoms with Gasteiger partial charge in [0.25, 0.3) is 0 Å². The second kappa shape index (κ2) is 9.00. The lowest BCUT2D eigenvalue weighted by atomic mass is 10.1. The molecule has 0 spiro atoms. The van der Waals surface area contributed by atoms with E-state index in [1.54, 1.807) is 16.8 Å². The maximum Gasteiger partial charge on any atom is 0.201 e. The zero-order valence-electron chi connectivity index (χ0n) is 18.8. The van der Waals surface area contributed by atoms with Gasteiger partial charge in [0.1, 0.15) is 29.2 Å². The van der Waals surface area contributed by atoms with Crippen LogP contribution in [-0.4, -0.2) is 42.5 Å². The van der Waals surface area contributed by atoms with Crippen LogP contribution in [0.3, 0.4) is 0 Å². The third-order valence-corrected chi connectivity index (χ3v) is 6.19. The minimum Gasteiger partial charge on any atom is -0.469 e. The fraction of sp³-hybridized carbons (Fsp3) is 0.375. The van der Waals surface area contributed by atoms with Gasteiger partial charge in [-0.3, -0.25) is 9.38 Å². The molecule has 0 radical (unpaired) electrons. The van der Waals surface area contributed by atoms with Crippen LogP contribution in [0.2, 0.25) is 0 Å². The number of rotatable bonds is 6. The number of fused-ring (bicyclic) bond motifs is 1. The lowest BCUT2D eigenvalue weighted by Crippen LogP contribution is -2.30. The van der Waals surface area contributed by atoms with E-state index >= 15 is 0 Å². The molecular formula is C24H26N8O. The molecule has 0 aromatic carbocycles. The first-order chi connectivity index (χ1) is 16.2. The van der Waals surface area contributed by atoms with Crippen molar-refractivity contribution in [3.8, 4) is 23.2 Å². The van der Waals surface area contributed by atoms with Crippen LogP contribution in [0, 0.1) is 18.3 Å². The van der Waals surface area contributed by atoms with E-state index in [1.165, 1.54) is 0 Å². The zero-order chi connectivity index (χ0) is 22.8. The van der Waals surface area contributed by atoms with Gasteiger partial charge in [-0.15, -0.1) is 5.10 Å². The summed E-state index contributed by atoms with van der Waals surface area (Å²) >= 11 is 0. The minimum absolute atomic E-state index is 0.259. The second-order valence-corrected chi connectivity index (χ2v) is 8.25. The number of nitrogens with zero attached hydrogens (tertiary/aromatic N) is 7. The molecule has 4 aromatic heterocycles. The number of hydrogen-bond acceptors (Lipinski definition) is 7. The third kappa shape index (κ3) is 3.94. The van der Waals surface area contributed by atoms with Gasteiger partial charge < -0.3 is 10.1 Å². The highest BCUT2D eigenvalue weighted by Crippen LogP contribution is 2.32. The first-order valence-electron chi connectivity index (χ1n) is 11.3. The Morgan fingerprint density at radius 2 is 2.09 bits per heavy atom. The van der Waals surface area contributed by atoms with E-state index in [0.717, 1.165) is 55.0 Å². The van der Waals surface area contributed by atoms with Gasteiger partial charge in [-0.1, -0.05) is 18.2 Å². The summed E-state index contributed by atoms with van der Waals surface area (Å²) in [6.07, 6.45) is 5.85. The third-order valence-electron chi connectivity index (χ3n) is 6.19. The summed E-state index contributed by atoms with van der Waals surface area (Å²) < 4.78 is 10.2. The van der Waals surface area contributed by atoms with Crippen molar-refractivity contribution in [2.45, 2.75) is 45.3 Å². The maximum atomic E-state index is 9.63. The van der Waals surface area contributed by atoms with Crippen LogP contribution in [-0.2, 0) is 0 Å². The van der Waals surface area contributed by atoms with Crippen molar-refractivity contribution in [1.82, 2.24) is 34.7 Å². The predicted octanol–water partition coefficient (Wildman–Crippen LogP) is 3.62. The summed E-state index contributed by atoms with van der Waals surface area (Å²) in [5.74, 6) is 0.532. The zero-order valence-corrected chi connectivity index (χ0v) is 18.8. The van der Waals surface area contributed by atoms with Crippen molar-refractivity contribution in [3.05, 3.63) is 59.8 Å². The van der Waals surface area contributed by atoms with Crippen LogP contribution in [0.15, 0.2) is 42.7 Å². The van der Waals surface area contributed by atoms with Crippen molar-refractivity contribution < 1.29 is 4.74 Å². The van der Waals surface area contributed by atoms with Crippen molar-refractivity contribution in [3.63, 3.8) is 0 Å². The Labute approximate surface area is 192 Å². The van der Waals surface area contributed by atoms with Gasteiger partial charge in [-0.2, -0.15) is 5.26 Å². The first kappa shape index (κ1) is 21.1. The van der Waals surface area contributed by atoms with Gasteiger partial charge in [-0.05, 0) is 57.5 Å². The van der Waals surface area contributed by atoms with E-state index in [4.69, 9.17) is 4.74 Å². The fourth-order valence-corrected chi connectivity index (χ4v) is 4.45. The summed E-state index contributed by atoms with van der Waals surface area (Å²) in [6.45, 7) is 6.08. The lowest BCUT2D eigenvalue weighted by molar-refractivity contribution is 0.186. The molecule has 9 heteroatoms. The summed E-state index contributed by atoms with van der Waals surface area (Å²) in [7, 11) is 0. The number of piperidine rings is 1. The highest BCUT2D eigenvalue weighted by Gasteiger charge is 2.23. The summed E-state index contributed by atoms with van der Waals surface area (Å²) in [4.78, 5) is 8.91. The number of pyridine rings is 2. The summed E-state index contributed by atoms with van der Waals surface area (Å²) in [6, 6.07) is 12.2. The van der Waals surface area contributed by atoms with Crippen LogP contribution in [0.4, 0.5) is 0 Å². The lowest BCUT2D eigenvalue weighted by Gasteiger charge is -2.23. The van der Waals surface area contributed by atoms with Crippen molar-refractivity contribution in [1.29, 1.82) is 5.26 Å². The van der Waals surface area contributed by atoms with Crippen LogP contribution >= 0.6 is 0 Å². The predicted molar refractivity (Wildman–Crippen MR) is 123 cm³/mol. The van der Waals surface area contributed by atoms with E-state index in [1.807, 2.05) is 41.9 Å². The molecule has 9 nitrogen and oxygen atoms in total. The molecule has 5 rings (SSSR count). The number of hydrogen-bond donors (Lipinski definition) is 1. The molecule has 1 atom stereocenters. The summed E-state index contributed by atoms with van der Waals surface area (Å²) in [5, 5.41) is 22.0. The smallest absolute Gasteiger partial charge is 0.201 e. The topological polar surface area (TPSA) is 106 Å². The van der Waals surface area contributed by atoms with Crippen LogP contribution < -0.4 is 10.1 Å². The number of aromatic nitrogens is 6. The number of ether oxygens (including phenoxy) is 1. The van der Waals surface area contributed by atoms with E-state index in [9.17, 15) is 5.26 Å². The number of imidazole rings is 1. The number of nitriles is 1. The first-order valence-corrected chi connectivity index (χ1v) is 11.3. The monoisotopic (exact) mass is 442 g/mol. The Morgan fingerprint density at radius 3 is 2.82 bits per heavy atom. The molecule has 0 saturated carbocycles. The molecule has 0 amide bonds. The molecule has 0 aliphatic carbocycles. The molecule has 1 fully saturated rings. The van der Waals surface area contributed by atoms with Gasteiger partial charge >= 0.3 is 0 Å². The largest absolute Gasteiger partial charge is 0.469 e.